The molecule has 2 N–H and O–H groups in total. The van der Waals surface area contributed by atoms with Gasteiger partial charge in [-0.2, -0.15) is 0 Å². The Hall–Kier alpha value is -0.120. The van der Waals surface area contributed by atoms with Crippen LogP contribution in [0.1, 0.15) is 19.8 Å². The zero-order valence-corrected chi connectivity index (χ0v) is 8.44. The standard InChI is InChI=1S/C10H20N2O/c1-10(3-4-11-8-10)12-6-9-2-5-13-7-9/h9,11-12H,2-8H2,1H3. The molecule has 2 aliphatic heterocycles. The molecule has 2 heterocycles. The third-order valence-corrected chi connectivity index (χ3v) is 3.21. The van der Waals surface area contributed by atoms with Crippen LogP contribution in [0.25, 0.3) is 0 Å². The van der Waals surface area contributed by atoms with Crippen LogP contribution in [0.3, 0.4) is 0 Å². The quantitative estimate of drug-likeness (QED) is 0.664. The lowest BCUT2D eigenvalue weighted by Crippen LogP contribution is -2.46. The first-order chi connectivity index (χ1) is 6.29. The van der Waals surface area contributed by atoms with Crippen LogP contribution >= 0.6 is 0 Å². The van der Waals surface area contributed by atoms with Crippen molar-refractivity contribution in [2.45, 2.75) is 25.3 Å². The zero-order chi connectivity index (χ0) is 9.15. The van der Waals surface area contributed by atoms with E-state index in [4.69, 9.17) is 4.74 Å². The van der Waals surface area contributed by atoms with E-state index >= 15 is 0 Å². The van der Waals surface area contributed by atoms with Crippen molar-refractivity contribution < 1.29 is 4.74 Å². The SMILES string of the molecule is CC1(NCC2CCOC2)CCNC1. The highest BCUT2D eigenvalue weighted by Crippen LogP contribution is 2.16. The first-order valence-electron chi connectivity index (χ1n) is 5.32. The molecule has 2 rings (SSSR count). The fraction of sp³-hybridized carbons (Fsp3) is 1.00. The summed E-state index contributed by atoms with van der Waals surface area (Å²) in [5, 5.41) is 7.05. The molecule has 0 radical (unpaired) electrons. The van der Waals surface area contributed by atoms with Crippen LogP contribution in [-0.2, 0) is 4.74 Å². The van der Waals surface area contributed by atoms with Crippen LogP contribution in [-0.4, -0.2) is 38.4 Å². The Morgan fingerprint density at radius 2 is 2.54 bits per heavy atom. The minimum Gasteiger partial charge on any atom is -0.381 e. The van der Waals surface area contributed by atoms with E-state index in [1.165, 1.54) is 12.8 Å². The van der Waals surface area contributed by atoms with Gasteiger partial charge in [0.2, 0.25) is 0 Å². The molecule has 2 atom stereocenters. The van der Waals surface area contributed by atoms with Gasteiger partial charge in [0, 0.05) is 25.2 Å². The van der Waals surface area contributed by atoms with Gasteiger partial charge in [-0.1, -0.05) is 0 Å². The van der Waals surface area contributed by atoms with Crippen LogP contribution in [0.5, 0.6) is 0 Å². The van der Waals surface area contributed by atoms with E-state index in [0.717, 1.165) is 38.8 Å². The van der Waals surface area contributed by atoms with E-state index < -0.39 is 0 Å². The van der Waals surface area contributed by atoms with Crippen molar-refractivity contribution in [3.05, 3.63) is 0 Å². The highest BCUT2D eigenvalue weighted by Gasteiger charge is 2.28. The summed E-state index contributed by atoms with van der Waals surface area (Å²) in [5.41, 5.74) is 0.336. The second kappa shape index (κ2) is 3.95. The minimum absolute atomic E-state index is 0.336. The molecule has 2 aliphatic rings. The molecule has 13 heavy (non-hydrogen) atoms. The van der Waals surface area contributed by atoms with Crippen molar-refractivity contribution in [2.24, 2.45) is 5.92 Å². The van der Waals surface area contributed by atoms with E-state index in [2.05, 4.69) is 17.6 Å². The molecule has 0 bridgehead atoms. The maximum Gasteiger partial charge on any atom is 0.0507 e. The molecule has 0 saturated carbocycles. The summed E-state index contributed by atoms with van der Waals surface area (Å²) >= 11 is 0. The fourth-order valence-electron chi connectivity index (χ4n) is 2.10. The average molecular weight is 184 g/mol. The lowest BCUT2D eigenvalue weighted by atomic mass is 10.00. The molecule has 76 valence electrons. The van der Waals surface area contributed by atoms with Gasteiger partial charge in [0.15, 0.2) is 0 Å². The van der Waals surface area contributed by atoms with Crippen LogP contribution in [0, 0.1) is 5.92 Å². The largest absolute Gasteiger partial charge is 0.381 e. The number of hydrogen-bond donors (Lipinski definition) is 2. The van der Waals surface area contributed by atoms with E-state index in [9.17, 15) is 0 Å². The summed E-state index contributed by atoms with van der Waals surface area (Å²) in [5.74, 6) is 0.748. The highest BCUT2D eigenvalue weighted by molar-refractivity contribution is 4.92. The van der Waals surface area contributed by atoms with Crippen molar-refractivity contribution in [2.75, 3.05) is 32.8 Å². The second-order valence-corrected chi connectivity index (χ2v) is 4.60. The molecular formula is C10H20N2O. The Bertz CT molecular complexity index is 160. The Morgan fingerprint density at radius 3 is 3.15 bits per heavy atom. The summed E-state index contributed by atoms with van der Waals surface area (Å²) < 4.78 is 5.35. The van der Waals surface area contributed by atoms with E-state index in [0.29, 0.717) is 5.54 Å². The first kappa shape index (κ1) is 9.44. The Balaban J connectivity index is 1.71. The zero-order valence-electron chi connectivity index (χ0n) is 8.44. The molecule has 0 aromatic heterocycles. The smallest absolute Gasteiger partial charge is 0.0507 e. The van der Waals surface area contributed by atoms with Crippen molar-refractivity contribution in [1.29, 1.82) is 0 Å². The molecule has 2 unspecified atom stereocenters. The third kappa shape index (κ3) is 2.42. The Labute approximate surface area is 80.2 Å². The average Bonchev–Trinajstić information content (AvgIpc) is 2.72. The summed E-state index contributed by atoms with van der Waals surface area (Å²) in [7, 11) is 0. The number of hydrogen-bond acceptors (Lipinski definition) is 3. The lowest BCUT2D eigenvalue weighted by molar-refractivity contribution is 0.183. The van der Waals surface area contributed by atoms with Gasteiger partial charge in [-0.15, -0.1) is 0 Å². The van der Waals surface area contributed by atoms with Gasteiger partial charge < -0.3 is 15.4 Å². The summed E-state index contributed by atoms with van der Waals surface area (Å²) in [6, 6.07) is 0. The third-order valence-electron chi connectivity index (χ3n) is 3.21. The van der Waals surface area contributed by atoms with Crippen LogP contribution in [0.2, 0.25) is 0 Å². The molecule has 0 aromatic carbocycles. The normalized spacial score (nSPS) is 39.9. The molecule has 0 aromatic rings. The summed E-state index contributed by atoms with van der Waals surface area (Å²) in [6.45, 7) is 7.62. The summed E-state index contributed by atoms with van der Waals surface area (Å²) in [6.07, 6.45) is 2.48. The van der Waals surface area contributed by atoms with Crippen molar-refractivity contribution >= 4 is 0 Å². The maximum atomic E-state index is 5.35. The molecular weight excluding hydrogens is 164 g/mol. The highest BCUT2D eigenvalue weighted by atomic mass is 16.5. The van der Waals surface area contributed by atoms with E-state index in [1.807, 2.05) is 0 Å². The molecule has 0 amide bonds. The van der Waals surface area contributed by atoms with Gasteiger partial charge in [0.25, 0.3) is 0 Å². The first-order valence-corrected chi connectivity index (χ1v) is 5.32. The van der Waals surface area contributed by atoms with Gasteiger partial charge in [-0.05, 0) is 32.2 Å². The van der Waals surface area contributed by atoms with Crippen molar-refractivity contribution in [1.82, 2.24) is 10.6 Å². The number of nitrogens with one attached hydrogen (secondary N) is 2. The van der Waals surface area contributed by atoms with Gasteiger partial charge in [0.1, 0.15) is 0 Å². The molecule has 3 nitrogen and oxygen atoms in total. The van der Waals surface area contributed by atoms with E-state index in [1.54, 1.807) is 0 Å². The predicted molar refractivity (Wildman–Crippen MR) is 52.8 cm³/mol. The van der Waals surface area contributed by atoms with Gasteiger partial charge >= 0.3 is 0 Å². The van der Waals surface area contributed by atoms with Gasteiger partial charge in [0.05, 0.1) is 6.61 Å². The Kier molecular flexibility index (Phi) is 2.86. The van der Waals surface area contributed by atoms with Gasteiger partial charge in [-0.3, -0.25) is 0 Å². The fourth-order valence-corrected chi connectivity index (χ4v) is 2.10. The monoisotopic (exact) mass is 184 g/mol. The lowest BCUT2D eigenvalue weighted by Gasteiger charge is -2.26. The van der Waals surface area contributed by atoms with Crippen LogP contribution < -0.4 is 10.6 Å². The Morgan fingerprint density at radius 1 is 1.62 bits per heavy atom. The van der Waals surface area contributed by atoms with Crippen molar-refractivity contribution in [3.63, 3.8) is 0 Å². The maximum absolute atomic E-state index is 5.35. The minimum atomic E-state index is 0.336. The molecule has 2 saturated heterocycles. The molecule has 0 aliphatic carbocycles. The number of rotatable bonds is 3. The topological polar surface area (TPSA) is 33.3 Å². The van der Waals surface area contributed by atoms with E-state index in [-0.39, 0.29) is 0 Å². The summed E-state index contributed by atoms with van der Waals surface area (Å²) in [4.78, 5) is 0. The second-order valence-electron chi connectivity index (χ2n) is 4.60. The number of ether oxygens (including phenoxy) is 1. The van der Waals surface area contributed by atoms with Crippen LogP contribution in [0.15, 0.2) is 0 Å². The molecule has 0 spiro atoms. The van der Waals surface area contributed by atoms with Crippen molar-refractivity contribution in [3.8, 4) is 0 Å². The molecule has 3 heteroatoms. The van der Waals surface area contributed by atoms with Gasteiger partial charge in [-0.25, -0.2) is 0 Å². The predicted octanol–water partition coefficient (Wildman–Crippen LogP) is 0.365. The van der Waals surface area contributed by atoms with Crippen LogP contribution in [0.4, 0.5) is 0 Å². The molecule has 2 fully saturated rings.